The third-order valence-corrected chi connectivity index (χ3v) is 7.50. The van der Waals surface area contributed by atoms with Gasteiger partial charge < -0.3 is 4.42 Å². The molecule has 0 aliphatic rings. The number of benzene rings is 2. The Hall–Kier alpha value is -2.55. The first-order valence-electron chi connectivity index (χ1n) is 7.55. The molecule has 0 radical (unpaired) electrons. The predicted molar refractivity (Wildman–Crippen MR) is 86.2 cm³/mol. The van der Waals surface area contributed by atoms with Gasteiger partial charge in [-0.05, 0) is 31.6 Å². The quantitative estimate of drug-likeness (QED) is 0.294. The van der Waals surface area contributed by atoms with Gasteiger partial charge in [0.15, 0.2) is 35.0 Å². The molecule has 0 spiro atoms. The Labute approximate surface area is 145 Å². The summed E-state index contributed by atoms with van der Waals surface area (Å²) in [5.74, 6) is -11.1. The Morgan fingerprint density at radius 3 is 2.04 bits per heavy atom. The van der Waals surface area contributed by atoms with Crippen LogP contribution in [0, 0.1) is 36.0 Å². The molecule has 9 heteroatoms. The van der Waals surface area contributed by atoms with Crippen molar-refractivity contribution in [1.29, 1.82) is 0 Å². The maximum absolute atomic E-state index is 14.3. The lowest BCUT2D eigenvalue weighted by Crippen LogP contribution is -2.75. The Bertz CT molecular complexity index is 1080. The van der Waals surface area contributed by atoms with Crippen molar-refractivity contribution in [2.24, 2.45) is 0 Å². The van der Waals surface area contributed by atoms with Crippen LogP contribution in [0.3, 0.4) is 0 Å². The van der Waals surface area contributed by atoms with Gasteiger partial charge in [0.2, 0.25) is 5.82 Å². The molecule has 0 amide bonds. The van der Waals surface area contributed by atoms with Crippen LogP contribution in [-0.4, -0.2) is 8.24 Å². The zero-order chi connectivity index (χ0) is 19.4. The lowest BCUT2D eigenvalue weighted by atomic mass is 10.2. The van der Waals surface area contributed by atoms with Gasteiger partial charge in [0.25, 0.3) is 0 Å². The van der Waals surface area contributed by atoms with Gasteiger partial charge in [-0.1, -0.05) is 12.1 Å². The Kier molecular flexibility index (Phi) is 4.22. The summed E-state index contributed by atoms with van der Waals surface area (Å²) in [5.41, 5.74) is 0.957. The average Bonchev–Trinajstić information content (AvgIpc) is 2.58. The van der Waals surface area contributed by atoms with Crippen molar-refractivity contribution in [2.45, 2.75) is 20.0 Å². The highest BCUT2D eigenvalue weighted by molar-refractivity contribution is 6.82. The number of nitrogens with zero attached hydrogens (tertiary/aromatic N) is 1. The normalized spacial score (nSPS) is 12.0. The molecule has 1 aromatic heterocycles. The Morgan fingerprint density at radius 1 is 0.923 bits per heavy atom. The van der Waals surface area contributed by atoms with Gasteiger partial charge in [0.05, 0.1) is 10.6 Å². The number of aryl methyl sites for hydroxylation is 1. The lowest BCUT2D eigenvalue weighted by Gasteiger charge is -2.17. The van der Waals surface area contributed by atoms with E-state index in [4.69, 9.17) is 4.42 Å². The molecule has 26 heavy (non-hydrogen) atoms. The molecule has 3 aromatic rings. The van der Waals surface area contributed by atoms with E-state index < -0.39 is 48.3 Å². The summed E-state index contributed by atoms with van der Waals surface area (Å²) in [5, 5.41) is -0.521. The second-order valence-corrected chi connectivity index (χ2v) is 10.5. The minimum atomic E-state index is -3.70. The van der Waals surface area contributed by atoms with E-state index in [-0.39, 0.29) is 5.58 Å². The molecule has 0 saturated heterocycles. The average molecular weight is 386 g/mol. The van der Waals surface area contributed by atoms with Crippen molar-refractivity contribution in [1.82, 2.24) is 0 Å². The van der Waals surface area contributed by atoms with Crippen LogP contribution in [0.15, 0.2) is 33.6 Å². The third-order valence-electron chi connectivity index (χ3n) is 4.32. The molecule has 0 aliphatic carbocycles. The third kappa shape index (κ3) is 2.54. The topological polar surface area (TPSA) is 34.1 Å². The summed E-state index contributed by atoms with van der Waals surface area (Å²) in [7, 11) is -3.70. The second kappa shape index (κ2) is 6.01. The number of fused-ring (bicyclic) bond motifs is 1. The molecule has 2 aromatic carbocycles. The van der Waals surface area contributed by atoms with Gasteiger partial charge >= 0.3 is 14.0 Å². The number of halogens is 5. The van der Waals surface area contributed by atoms with E-state index >= 15 is 0 Å². The summed E-state index contributed by atoms with van der Waals surface area (Å²) >= 11 is 0. The summed E-state index contributed by atoms with van der Waals surface area (Å²) in [4.78, 5) is 12.4. The van der Waals surface area contributed by atoms with E-state index in [1.165, 1.54) is 19.3 Å². The fraction of sp³-hybridized carbons (Fsp3) is 0.176. The molecule has 0 atom stereocenters. The standard InChI is InChI=1S/C17H13F5NO2Si/c1-8-5-4-6-9-7-23(17(24)25-15(8)9)26(2,3)16-13(21)11(19)10(18)12(20)14(16)22/h4-7H,1-3H3/q+1. The fourth-order valence-electron chi connectivity index (χ4n) is 2.90. The van der Waals surface area contributed by atoms with Gasteiger partial charge in [-0.2, -0.15) is 9.03 Å². The zero-order valence-corrected chi connectivity index (χ0v) is 15.0. The van der Waals surface area contributed by atoms with E-state index in [2.05, 4.69) is 0 Å². The minimum absolute atomic E-state index is 0.288. The number of para-hydroxylation sites is 1. The molecule has 0 bridgehead atoms. The van der Waals surface area contributed by atoms with E-state index in [1.807, 2.05) is 0 Å². The number of aromatic nitrogens is 1. The first-order valence-corrected chi connectivity index (χ1v) is 10.5. The van der Waals surface area contributed by atoms with Crippen LogP contribution in [0.25, 0.3) is 11.0 Å². The maximum Gasteiger partial charge on any atom is 0.580 e. The molecule has 0 unspecified atom stereocenters. The van der Waals surface area contributed by atoms with E-state index in [9.17, 15) is 26.7 Å². The van der Waals surface area contributed by atoms with Gasteiger partial charge in [0.1, 0.15) is 0 Å². The summed E-state index contributed by atoms with van der Waals surface area (Å²) in [6, 6.07) is 5.02. The molecule has 0 fully saturated rings. The number of hydrogen-bond donors (Lipinski definition) is 0. The lowest BCUT2D eigenvalue weighted by molar-refractivity contribution is -0.573. The zero-order valence-electron chi connectivity index (χ0n) is 14.0. The predicted octanol–water partition coefficient (Wildman–Crippen LogP) is 3.04. The first-order chi connectivity index (χ1) is 12.1. The van der Waals surface area contributed by atoms with Crippen LogP contribution in [-0.2, 0) is 0 Å². The van der Waals surface area contributed by atoms with Gasteiger partial charge in [-0.15, -0.1) is 0 Å². The molecule has 3 rings (SSSR count). The molecular weight excluding hydrogens is 373 g/mol. The molecular formula is C17H13F5NO2Si+. The number of rotatable bonds is 2. The highest BCUT2D eigenvalue weighted by Gasteiger charge is 2.48. The van der Waals surface area contributed by atoms with E-state index in [0.29, 0.717) is 10.9 Å². The molecule has 136 valence electrons. The smallest absolute Gasteiger partial charge is 0.373 e. The summed E-state index contributed by atoms with van der Waals surface area (Å²) in [6.07, 6.45) is 1.32. The Balaban J connectivity index is 2.36. The van der Waals surface area contributed by atoms with Gasteiger partial charge in [0, 0.05) is 0 Å². The van der Waals surface area contributed by atoms with Crippen LogP contribution in [0.1, 0.15) is 5.56 Å². The minimum Gasteiger partial charge on any atom is -0.373 e. The summed E-state index contributed by atoms with van der Waals surface area (Å²) in [6.45, 7) is 4.30. The van der Waals surface area contributed by atoms with Gasteiger partial charge in [-0.25, -0.2) is 22.0 Å². The highest BCUT2D eigenvalue weighted by Crippen LogP contribution is 2.19. The van der Waals surface area contributed by atoms with Crippen LogP contribution in [0.5, 0.6) is 0 Å². The van der Waals surface area contributed by atoms with Gasteiger partial charge in [-0.3, -0.25) is 0 Å². The second-order valence-electron chi connectivity index (χ2n) is 6.36. The molecule has 1 heterocycles. The van der Waals surface area contributed by atoms with E-state index in [0.717, 1.165) is 4.23 Å². The monoisotopic (exact) mass is 386 g/mol. The van der Waals surface area contributed by atoms with Crippen molar-refractivity contribution in [3.63, 3.8) is 0 Å². The number of hydrogen-bond acceptors (Lipinski definition) is 2. The molecule has 3 nitrogen and oxygen atoms in total. The largest absolute Gasteiger partial charge is 0.580 e. The van der Waals surface area contributed by atoms with E-state index in [1.54, 1.807) is 25.1 Å². The summed E-state index contributed by atoms with van der Waals surface area (Å²) < 4.78 is 75.2. The fourth-order valence-corrected chi connectivity index (χ4v) is 5.40. The van der Waals surface area contributed by atoms with Crippen molar-refractivity contribution in [3.05, 3.63) is 69.6 Å². The molecule has 0 N–H and O–H groups in total. The first kappa shape index (κ1) is 18.2. The van der Waals surface area contributed by atoms with Crippen LogP contribution >= 0.6 is 0 Å². The van der Waals surface area contributed by atoms with Crippen LogP contribution in [0.4, 0.5) is 22.0 Å². The maximum atomic E-state index is 14.3. The van der Waals surface area contributed by atoms with Crippen LogP contribution in [0.2, 0.25) is 13.1 Å². The van der Waals surface area contributed by atoms with Crippen molar-refractivity contribution >= 4 is 24.4 Å². The van der Waals surface area contributed by atoms with Crippen molar-refractivity contribution in [2.75, 3.05) is 0 Å². The molecule has 0 saturated carbocycles. The van der Waals surface area contributed by atoms with Crippen LogP contribution < -0.4 is 15.2 Å². The van der Waals surface area contributed by atoms with Crippen molar-refractivity contribution in [3.8, 4) is 0 Å². The Morgan fingerprint density at radius 2 is 1.46 bits per heavy atom. The SMILES string of the molecule is Cc1cccc2c[n+]([Si](C)(C)c3c(F)c(F)c(F)c(F)c3F)c(=O)oc12. The van der Waals surface area contributed by atoms with Crippen molar-refractivity contribution < 1.29 is 30.6 Å². The molecule has 0 aliphatic heterocycles. The highest BCUT2D eigenvalue weighted by atomic mass is 28.3.